The first kappa shape index (κ1) is 21.4. The number of benzene rings is 2. The van der Waals surface area contributed by atoms with Crippen molar-refractivity contribution in [2.24, 2.45) is 0 Å². The molecule has 1 saturated heterocycles. The number of rotatable bonds is 6. The number of carbonyl (C=O) groups is 1. The molecule has 0 aromatic heterocycles. The van der Waals surface area contributed by atoms with Gasteiger partial charge in [0.1, 0.15) is 22.6 Å². The molecule has 0 aliphatic carbocycles. The van der Waals surface area contributed by atoms with Crippen LogP contribution in [0.5, 0.6) is 17.2 Å². The van der Waals surface area contributed by atoms with Crippen molar-refractivity contribution in [1.29, 1.82) is 0 Å². The lowest BCUT2D eigenvalue weighted by Gasteiger charge is -2.26. The van der Waals surface area contributed by atoms with Crippen LogP contribution in [0.15, 0.2) is 36.4 Å². The molecule has 1 unspecified atom stereocenters. The Labute approximate surface area is 174 Å². The average Bonchev–Trinajstić information content (AvgIpc) is 3.01. The van der Waals surface area contributed by atoms with E-state index >= 15 is 0 Å². The van der Waals surface area contributed by atoms with Gasteiger partial charge in [0, 0.05) is 18.2 Å². The van der Waals surface area contributed by atoms with E-state index in [0.29, 0.717) is 27.6 Å². The molecule has 0 spiro atoms. The van der Waals surface area contributed by atoms with E-state index in [9.17, 15) is 18.0 Å². The summed E-state index contributed by atoms with van der Waals surface area (Å²) in [7, 11) is 3.01. The van der Waals surface area contributed by atoms with Gasteiger partial charge in [-0.05, 0) is 23.8 Å². The molecule has 2 aromatic carbocycles. The van der Waals surface area contributed by atoms with E-state index in [-0.39, 0.29) is 24.0 Å². The summed E-state index contributed by atoms with van der Waals surface area (Å²) in [6, 6.07) is 8.73. The Bertz CT molecular complexity index is 892. The van der Waals surface area contributed by atoms with Crippen LogP contribution in [0.4, 0.5) is 13.2 Å². The average molecular weight is 448 g/mol. The van der Waals surface area contributed by atoms with Gasteiger partial charge in [0.2, 0.25) is 5.91 Å². The first-order valence-corrected chi connectivity index (χ1v) is 9.81. The number of nitrogens with zero attached hydrogens (tertiary/aromatic N) is 1. The smallest absolute Gasteiger partial charge is 0.497 e. The van der Waals surface area contributed by atoms with Gasteiger partial charge in [-0.15, -0.1) is 24.9 Å². The molecule has 2 aromatic rings. The topological polar surface area (TPSA) is 48.0 Å². The van der Waals surface area contributed by atoms with Crippen LogP contribution < -0.4 is 14.2 Å². The van der Waals surface area contributed by atoms with E-state index < -0.39 is 11.7 Å². The van der Waals surface area contributed by atoms with Gasteiger partial charge in [-0.1, -0.05) is 23.7 Å². The van der Waals surface area contributed by atoms with Crippen molar-refractivity contribution in [3.8, 4) is 17.2 Å². The highest BCUT2D eigenvalue weighted by Gasteiger charge is 2.36. The normalized spacial score (nSPS) is 16.8. The molecule has 0 saturated carbocycles. The first-order valence-electron chi connectivity index (χ1n) is 8.39. The largest absolute Gasteiger partial charge is 0.573 e. The van der Waals surface area contributed by atoms with Gasteiger partial charge in [0.05, 0.1) is 25.0 Å². The number of halogens is 4. The number of alkyl halides is 3. The van der Waals surface area contributed by atoms with Gasteiger partial charge in [-0.3, -0.25) is 4.79 Å². The summed E-state index contributed by atoms with van der Waals surface area (Å²) in [4.78, 5) is 14.1. The molecule has 1 heterocycles. The highest BCUT2D eigenvalue weighted by molar-refractivity contribution is 8.00. The standard InChI is InChI=1S/C19H17ClF3NO4S/c1-26-13-7-14(20)17(15(8-13)27-2)18-24(16(25)10-29-18)9-11-3-5-12(6-4-11)28-19(21,22)23/h3-8,18H,9-10H2,1-2H3. The lowest BCUT2D eigenvalue weighted by molar-refractivity contribution is -0.274. The van der Waals surface area contributed by atoms with Crippen LogP contribution in [0.3, 0.4) is 0 Å². The Balaban J connectivity index is 1.85. The molecule has 5 nitrogen and oxygen atoms in total. The van der Waals surface area contributed by atoms with Crippen molar-refractivity contribution >= 4 is 29.3 Å². The van der Waals surface area contributed by atoms with Crippen molar-refractivity contribution in [3.05, 3.63) is 52.5 Å². The number of methoxy groups -OCH3 is 2. The minimum Gasteiger partial charge on any atom is -0.497 e. The number of hydrogen-bond acceptors (Lipinski definition) is 5. The van der Waals surface area contributed by atoms with Gasteiger partial charge >= 0.3 is 6.36 Å². The minimum atomic E-state index is -4.75. The van der Waals surface area contributed by atoms with Crippen LogP contribution in [0, 0.1) is 0 Å². The van der Waals surface area contributed by atoms with Gasteiger partial charge in [0.25, 0.3) is 0 Å². The van der Waals surface area contributed by atoms with Gasteiger partial charge in [-0.2, -0.15) is 0 Å². The molecule has 1 fully saturated rings. The van der Waals surface area contributed by atoms with E-state index in [1.165, 1.54) is 50.2 Å². The third-order valence-electron chi connectivity index (χ3n) is 4.25. The van der Waals surface area contributed by atoms with Crippen LogP contribution in [0.25, 0.3) is 0 Å². The quantitative estimate of drug-likeness (QED) is 0.621. The molecule has 1 aliphatic rings. The summed E-state index contributed by atoms with van der Waals surface area (Å²) in [6.07, 6.45) is -4.75. The second-order valence-corrected chi connectivity index (χ2v) is 7.58. The molecular formula is C19H17ClF3NO4S. The molecule has 0 radical (unpaired) electrons. The Morgan fingerprint density at radius 3 is 2.41 bits per heavy atom. The van der Waals surface area contributed by atoms with Crippen molar-refractivity contribution in [2.45, 2.75) is 18.3 Å². The lowest BCUT2D eigenvalue weighted by Crippen LogP contribution is -2.28. The number of carbonyl (C=O) groups excluding carboxylic acids is 1. The fourth-order valence-electron chi connectivity index (χ4n) is 2.95. The molecule has 10 heteroatoms. The summed E-state index contributed by atoms with van der Waals surface area (Å²) >= 11 is 7.83. The number of ether oxygens (including phenoxy) is 3. The molecule has 1 atom stereocenters. The maximum absolute atomic E-state index is 12.5. The minimum absolute atomic E-state index is 0.107. The van der Waals surface area contributed by atoms with Crippen LogP contribution in [-0.4, -0.2) is 37.1 Å². The molecule has 3 rings (SSSR count). The molecule has 1 amide bonds. The Morgan fingerprint density at radius 2 is 1.83 bits per heavy atom. The highest BCUT2D eigenvalue weighted by Crippen LogP contribution is 2.47. The molecule has 0 N–H and O–H groups in total. The van der Waals surface area contributed by atoms with E-state index in [2.05, 4.69) is 4.74 Å². The zero-order valence-electron chi connectivity index (χ0n) is 15.5. The van der Waals surface area contributed by atoms with Crippen molar-refractivity contribution < 1.29 is 32.2 Å². The van der Waals surface area contributed by atoms with E-state index in [1.54, 1.807) is 17.0 Å². The molecule has 0 bridgehead atoms. The Kier molecular flexibility index (Phi) is 6.38. The summed E-state index contributed by atoms with van der Waals surface area (Å²) in [5.74, 6) is 0.840. The third-order valence-corrected chi connectivity index (χ3v) is 5.78. The number of thioether (sulfide) groups is 1. The summed E-state index contributed by atoms with van der Waals surface area (Å²) in [5.41, 5.74) is 1.30. The first-order chi connectivity index (χ1) is 13.7. The second-order valence-electron chi connectivity index (χ2n) is 6.10. The van der Waals surface area contributed by atoms with Crippen molar-refractivity contribution in [1.82, 2.24) is 4.90 Å². The fourth-order valence-corrected chi connectivity index (χ4v) is 4.57. The van der Waals surface area contributed by atoms with E-state index in [1.807, 2.05) is 0 Å². The van der Waals surface area contributed by atoms with E-state index in [0.717, 1.165) is 0 Å². The van der Waals surface area contributed by atoms with Crippen LogP contribution in [0.2, 0.25) is 5.02 Å². The SMILES string of the molecule is COc1cc(Cl)c(C2SCC(=O)N2Cc2ccc(OC(F)(F)F)cc2)c(OC)c1. The maximum Gasteiger partial charge on any atom is 0.573 e. The molecule has 29 heavy (non-hydrogen) atoms. The highest BCUT2D eigenvalue weighted by atomic mass is 35.5. The Hall–Kier alpha value is -2.26. The molecule has 156 valence electrons. The second kappa shape index (κ2) is 8.62. The van der Waals surface area contributed by atoms with Crippen LogP contribution in [0.1, 0.15) is 16.5 Å². The predicted molar refractivity (Wildman–Crippen MR) is 103 cm³/mol. The zero-order valence-corrected chi connectivity index (χ0v) is 17.0. The van der Waals surface area contributed by atoms with Gasteiger partial charge in [0.15, 0.2) is 0 Å². The van der Waals surface area contributed by atoms with Crippen molar-refractivity contribution in [3.63, 3.8) is 0 Å². The van der Waals surface area contributed by atoms with Gasteiger partial charge < -0.3 is 19.1 Å². The fraction of sp³-hybridized carbons (Fsp3) is 0.316. The lowest BCUT2D eigenvalue weighted by atomic mass is 10.1. The summed E-state index contributed by atoms with van der Waals surface area (Å²) in [5, 5.41) is -0.00529. The Morgan fingerprint density at radius 1 is 1.14 bits per heavy atom. The molecular weight excluding hydrogens is 431 g/mol. The summed E-state index contributed by atoms with van der Waals surface area (Å²) in [6.45, 7) is 0.203. The maximum atomic E-state index is 12.5. The van der Waals surface area contributed by atoms with Crippen LogP contribution in [-0.2, 0) is 11.3 Å². The molecule has 1 aliphatic heterocycles. The van der Waals surface area contributed by atoms with Crippen LogP contribution >= 0.6 is 23.4 Å². The van der Waals surface area contributed by atoms with Gasteiger partial charge in [-0.25, -0.2) is 0 Å². The summed E-state index contributed by atoms with van der Waals surface area (Å²) < 4.78 is 51.4. The van der Waals surface area contributed by atoms with Crippen molar-refractivity contribution in [2.75, 3.05) is 20.0 Å². The monoisotopic (exact) mass is 447 g/mol. The number of hydrogen-bond donors (Lipinski definition) is 0. The number of amides is 1. The third kappa shape index (κ3) is 5.02. The zero-order chi connectivity index (χ0) is 21.2. The predicted octanol–water partition coefficient (Wildman–Crippen LogP) is 5.03. The van der Waals surface area contributed by atoms with E-state index in [4.69, 9.17) is 21.1 Å².